The molecule has 0 unspecified atom stereocenters. The Morgan fingerprint density at radius 3 is 2.32 bits per heavy atom. The lowest BCUT2D eigenvalue weighted by atomic mass is 10.0. The van der Waals surface area contributed by atoms with Crippen LogP contribution < -0.4 is 4.90 Å². The molecular weight excluding hydrogens is 551 g/mol. The van der Waals surface area contributed by atoms with E-state index in [1.807, 2.05) is 30.1 Å². The van der Waals surface area contributed by atoms with Crippen LogP contribution >= 0.6 is 15.9 Å². The molecule has 1 saturated heterocycles. The molecule has 1 heterocycles. The van der Waals surface area contributed by atoms with Crippen molar-refractivity contribution in [3.8, 4) is 0 Å². The fourth-order valence-corrected chi connectivity index (χ4v) is 5.00. The van der Waals surface area contributed by atoms with Crippen molar-refractivity contribution in [1.82, 2.24) is 4.31 Å². The van der Waals surface area contributed by atoms with Crippen LogP contribution in [0.15, 0.2) is 58.5 Å². The van der Waals surface area contributed by atoms with Crippen molar-refractivity contribution in [2.45, 2.75) is 25.5 Å². The molecule has 1 fully saturated rings. The van der Waals surface area contributed by atoms with Crippen LogP contribution in [0.5, 0.6) is 0 Å². The van der Waals surface area contributed by atoms with Gasteiger partial charge in [0.1, 0.15) is 36.7 Å². The van der Waals surface area contributed by atoms with E-state index in [0.717, 1.165) is 20.0 Å². The number of nitrogens with zero attached hydrogens (tertiary/aromatic N) is 2. The quantitative estimate of drug-likeness (QED) is 0.225. The molecule has 1 aliphatic heterocycles. The molecule has 0 aliphatic carbocycles. The van der Waals surface area contributed by atoms with Gasteiger partial charge < -0.3 is 9.64 Å². The molecule has 0 aromatic heterocycles. The summed E-state index contributed by atoms with van der Waals surface area (Å²) in [4.78, 5) is 11.5. The number of carbonyl (C=O) groups is 1. The summed E-state index contributed by atoms with van der Waals surface area (Å²) < 4.78 is 89.9. The number of benzene rings is 1. The van der Waals surface area contributed by atoms with E-state index in [0.29, 0.717) is 19.3 Å². The van der Waals surface area contributed by atoms with Gasteiger partial charge in [-0.2, -0.15) is 4.31 Å². The fraction of sp³-hybridized carbons (Fsp3) is 0.381. The summed E-state index contributed by atoms with van der Waals surface area (Å²) in [5, 5.41) is 0. The highest BCUT2D eigenvalue weighted by Gasteiger charge is 2.34. The van der Waals surface area contributed by atoms with Crippen molar-refractivity contribution >= 4 is 38.1 Å². The fourth-order valence-electron chi connectivity index (χ4n) is 3.23. The first kappa shape index (κ1) is 29.8. The van der Waals surface area contributed by atoms with Crippen LogP contribution in [0.25, 0.3) is 0 Å². The number of ether oxygens (including phenoxy) is 1. The molecule has 1 aliphatic rings. The van der Waals surface area contributed by atoms with E-state index >= 15 is 0 Å². The van der Waals surface area contributed by atoms with E-state index in [2.05, 4.69) is 22.5 Å². The minimum atomic E-state index is -4.25. The van der Waals surface area contributed by atoms with Gasteiger partial charge in [-0.25, -0.2) is 30.4 Å². The van der Waals surface area contributed by atoms with Gasteiger partial charge in [0.2, 0.25) is 10.0 Å². The lowest BCUT2D eigenvalue weighted by molar-refractivity contribution is -0.129. The molecule has 1 aromatic rings. The number of hydrogen-bond acceptors (Lipinski definition) is 5. The average Bonchev–Trinajstić information content (AvgIpc) is 2.82. The summed E-state index contributed by atoms with van der Waals surface area (Å²) in [7, 11) is -2.38. The Kier molecular flexibility index (Phi) is 12.5. The van der Waals surface area contributed by atoms with Crippen LogP contribution in [0.4, 0.5) is 27.6 Å². The maximum absolute atomic E-state index is 13.3. The Morgan fingerprint density at radius 1 is 1.26 bits per heavy atom. The zero-order chi connectivity index (χ0) is 25.9. The van der Waals surface area contributed by atoms with Crippen LogP contribution in [0.1, 0.15) is 18.4 Å². The highest BCUT2D eigenvalue weighted by atomic mass is 79.9. The lowest BCUT2D eigenvalue weighted by Crippen LogP contribution is -2.46. The van der Waals surface area contributed by atoms with Gasteiger partial charge in [-0.1, -0.05) is 22.5 Å². The highest BCUT2D eigenvalue weighted by molar-refractivity contribution is 9.10. The first-order valence-electron chi connectivity index (χ1n) is 9.75. The Bertz CT molecular complexity index is 1010. The van der Waals surface area contributed by atoms with Crippen molar-refractivity contribution in [1.29, 1.82) is 0 Å². The summed E-state index contributed by atoms with van der Waals surface area (Å²) in [6.45, 7) is 2.27. The van der Waals surface area contributed by atoms with Crippen molar-refractivity contribution in [2.75, 3.05) is 31.7 Å². The Hall–Kier alpha value is -2.25. The third kappa shape index (κ3) is 8.20. The smallest absolute Gasteiger partial charge is 0.293 e. The molecule has 34 heavy (non-hydrogen) atoms. The summed E-state index contributed by atoms with van der Waals surface area (Å²) in [6, 6.07) is 5.60. The number of anilines is 1. The van der Waals surface area contributed by atoms with E-state index in [1.54, 1.807) is 0 Å². The first-order valence-corrected chi connectivity index (χ1v) is 12.0. The number of alkyl halides is 1. The molecule has 0 spiro atoms. The largest absolute Gasteiger partial charge is 0.463 e. The van der Waals surface area contributed by atoms with E-state index in [1.165, 1.54) is 0 Å². The minimum Gasteiger partial charge on any atom is -0.463 e. The predicted molar refractivity (Wildman–Crippen MR) is 123 cm³/mol. The Morgan fingerprint density at radius 2 is 1.88 bits per heavy atom. The Labute approximate surface area is 203 Å². The summed E-state index contributed by atoms with van der Waals surface area (Å²) in [6.07, 6.45) is 0.271. The highest BCUT2D eigenvalue weighted by Crippen LogP contribution is 2.31. The van der Waals surface area contributed by atoms with Crippen molar-refractivity contribution in [2.24, 2.45) is 0 Å². The molecule has 0 atom stereocenters. The van der Waals surface area contributed by atoms with E-state index < -0.39 is 39.6 Å². The number of halogens is 6. The zero-order valence-corrected chi connectivity index (χ0v) is 20.6. The second kappa shape index (κ2) is 14.2. The molecule has 0 amide bonds. The van der Waals surface area contributed by atoms with Gasteiger partial charge in [-0.05, 0) is 31.0 Å². The monoisotopic (exact) mass is 574 g/mol. The van der Waals surface area contributed by atoms with Gasteiger partial charge in [-0.15, -0.1) is 0 Å². The molecule has 1 aromatic carbocycles. The van der Waals surface area contributed by atoms with Gasteiger partial charge in [-0.3, -0.25) is 4.79 Å². The van der Waals surface area contributed by atoms with Gasteiger partial charge in [0.25, 0.3) is 6.47 Å². The van der Waals surface area contributed by atoms with E-state index in [9.17, 15) is 35.2 Å². The van der Waals surface area contributed by atoms with E-state index in [4.69, 9.17) is 4.74 Å². The van der Waals surface area contributed by atoms with E-state index in [-0.39, 0.29) is 32.1 Å². The molecule has 6 nitrogen and oxygen atoms in total. The normalized spacial score (nSPS) is 15.9. The third-order valence-corrected chi connectivity index (χ3v) is 7.33. The SMILES string of the molecule is C=C(F)/C(=C/F)S(=O)(=O)N1CCC(N(C)c2ccc(Br)cc2COC=O)CC1.F/C=C(\F)CF. The summed E-state index contributed by atoms with van der Waals surface area (Å²) in [5.74, 6) is -2.69. The summed E-state index contributed by atoms with van der Waals surface area (Å²) >= 11 is 3.39. The molecule has 0 saturated carbocycles. The predicted octanol–water partition coefficient (Wildman–Crippen LogP) is 5.38. The molecular formula is C21H24BrF5N2O4S. The topological polar surface area (TPSA) is 66.9 Å². The molecule has 190 valence electrons. The zero-order valence-electron chi connectivity index (χ0n) is 18.2. The molecule has 0 radical (unpaired) electrons. The second-order valence-electron chi connectivity index (χ2n) is 6.99. The molecule has 2 rings (SSSR count). The van der Waals surface area contributed by atoms with Gasteiger partial charge >= 0.3 is 0 Å². The van der Waals surface area contributed by atoms with Crippen LogP contribution in [0, 0.1) is 0 Å². The van der Waals surface area contributed by atoms with Crippen LogP contribution in [0.2, 0.25) is 0 Å². The molecule has 0 bridgehead atoms. The number of rotatable bonds is 9. The summed E-state index contributed by atoms with van der Waals surface area (Å²) in [5.41, 5.74) is 1.66. The second-order valence-corrected chi connectivity index (χ2v) is 9.82. The van der Waals surface area contributed by atoms with Gasteiger partial charge in [0.05, 0.1) is 0 Å². The minimum absolute atomic E-state index is 0.00832. The average molecular weight is 575 g/mol. The number of allylic oxidation sites excluding steroid dienone is 2. The van der Waals surface area contributed by atoms with Crippen molar-refractivity contribution < 1.29 is 39.9 Å². The number of carbonyl (C=O) groups excluding carboxylic acids is 1. The van der Waals surface area contributed by atoms with Crippen LogP contribution in [0.3, 0.4) is 0 Å². The number of piperidine rings is 1. The third-order valence-electron chi connectivity index (χ3n) is 4.93. The van der Waals surface area contributed by atoms with Crippen molar-refractivity contribution in [3.05, 3.63) is 64.0 Å². The number of sulfonamides is 1. The maximum Gasteiger partial charge on any atom is 0.293 e. The Balaban J connectivity index is 0.000000852. The van der Waals surface area contributed by atoms with Crippen molar-refractivity contribution in [3.63, 3.8) is 0 Å². The first-order chi connectivity index (χ1) is 16.0. The lowest BCUT2D eigenvalue weighted by Gasteiger charge is -2.38. The van der Waals surface area contributed by atoms with Crippen LogP contribution in [-0.2, 0) is 26.2 Å². The van der Waals surface area contributed by atoms with Gasteiger partial charge in [0.15, 0.2) is 5.83 Å². The molecule has 13 heteroatoms. The molecule has 0 N–H and O–H groups in total. The number of hydrogen-bond donors (Lipinski definition) is 0. The van der Waals surface area contributed by atoms with Gasteiger partial charge in [0, 0.05) is 41.9 Å². The standard InChI is InChI=1S/C18H21BrF2N2O4S.C3H3F3/c1-13(21)18(10-20)28(25,26)23-7-5-16(6-8-23)22(2)17-4-3-15(19)9-14(17)11-27-12-24;4-1-3(6)2-5/h3-4,9-10,12,16H,1,5-8,11H2,2H3;1H,2H2/b18-10-;3-1-. The maximum atomic E-state index is 13.3. The van der Waals surface area contributed by atoms with Crippen LogP contribution in [-0.4, -0.2) is 52.0 Å².